The van der Waals surface area contributed by atoms with E-state index in [1.165, 1.54) is 23.9 Å². The number of sulfonamides is 1. The second-order valence-electron chi connectivity index (χ2n) is 4.72. The molecule has 0 bridgehead atoms. The Hall–Kier alpha value is -1.38. The second kappa shape index (κ2) is 5.94. The van der Waals surface area contributed by atoms with Crippen molar-refractivity contribution >= 4 is 15.9 Å². The Labute approximate surface area is 118 Å². The number of aryl methyl sites for hydroxylation is 1. The van der Waals surface area contributed by atoms with Gasteiger partial charge in [-0.05, 0) is 26.0 Å². The molecule has 2 rings (SSSR count). The topological polar surface area (TPSA) is 89.4 Å². The molecule has 20 heavy (non-hydrogen) atoms. The highest BCUT2D eigenvalue weighted by Gasteiger charge is 2.21. The summed E-state index contributed by atoms with van der Waals surface area (Å²) >= 11 is 0. The van der Waals surface area contributed by atoms with Crippen molar-refractivity contribution in [2.45, 2.75) is 23.8 Å². The van der Waals surface area contributed by atoms with Crippen molar-refractivity contribution in [1.29, 1.82) is 0 Å². The first-order valence-corrected chi connectivity index (χ1v) is 7.92. The summed E-state index contributed by atoms with van der Waals surface area (Å²) in [6.07, 6.45) is 3.41. The van der Waals surface area contributed by atoms with Crippen LogP contribution in [-0.4, -0.2) is 45.2 Å². The highest BCUT2D eigenvalue weighted by molar-refractivity contribution is 7.89. The summed E-state index contributed by atoms with van der Waals surface area (Å²) in [5.74, 6) is -0.305. The molecule has 1 unspecified atom stereocenters. The zero-order chi connectivity index (χ0) is 14.8. The Morgan fingerprint density at radius 1 is 1.55 bits per heavy atom. The fourth-order valence-electron chi connectivity index (χ4n) is 2.13. The predicted molar refractivity (Wildman–Crippen MR) is 73.0 cm³/mol. The number of rotatable bonds is 5. The minimum absolute atomic E-state index is 0.0553. The fourth-order valence-corrected chi connectivity index (χ4v) is 2.93. The van der Waals surface area contributed by atoms with Crippen LogP contribution in [0.2, 0.25) is 0 Å². The molecule has 0 spiro atoms. The molecular weight excluding hydrogens is 282 g/mol. The van der Waals surface area contributed by atoms with Crippen molar-refractivity contribution < 1.29 is 17.9 Å². The average molecular weight is 301 g/mol. The molecule has 1 saturated heterocycles. The fraction of sp³-hybridized carbons (Fsp3) is 0.583. The van der Waals surface area contributed by atoms with Gasteiger partial charge in [-0.2, -0.15) is 0 Å². The summed E-state index contributed by atoms with van der Waals surface area (Å²) in [6, 6.07) is 1.36. The lowest BCUT2D eigenvalue weighted by atomic mass is 10.2. The van der Waals surface area contributed by atoms with Crippen LogP contribution in [-0.2, 0) is 21.8 Å². The van der Waals surface area contributed by atoms with Crippen LogP contribution in [0.5, 0.6) is 0 Å². The minimum Gasteiger partial charge on any atom is -0.376 e. The second-order valence-corrected chi connectivity index (χ2v) is 6.61. The molecule has 1 amide bonds. The van der Waals surface area contributed by atoms with Gasteiger partial charge in [0.1, 0.15) is 10.6 Å². The molecule has 8 heteroatoms. The molecule has 112 valence electrons. The number of carbonyl (C=O) groups excluding carboxylic acids is 1. The molecule has 1 aromatic rings. The maximum atomic E-state index is 12.0. The van der Waals surface area contributed by atoms with Gasteiger partial charge in [-0.15, -0.1) is 0 Å². The first kappa shape index (κ1) is 15.0. The summed E-state index contributed by atoms with van der Waals surface area (Å²) in [5.41, 5.74) is 0.303. The van der Waals surface area contributed by atoms with Gasteiger partial charge in [-0.25, -0.2) is 13.1 Å². The van der Waals surface area contributed by atoms with Gasteiger partial charge in [0.25, 0.3) is 5.91 Å². The van der Waals surface area contributed by atoms with Crippen LogP contribution in [0.3, 0.4) is 0 Å². The van der Waals surface area contributed by atoms with Crippen molar-refractivity contribution in [1.82, 2.24) is 14.6 Å². The summed E-state index contributed by atoms with van der Waals surface area (Å²) < 4.78 is 32.5. The number of hydrogen-bond donors (Lipinski definition) is 2. The lowest BCUT2D eigenvalue weighted by Crippen LogP contribution is -2.32. The number of amides is 1. The Balaban J connectivity index is 2.06. The third-order valence-corrected chi connectivity index (χ3v) is 4.69. The number of aromatic nitrogens is 1. The maximum absolute atomic E-state index is 12.0. The van der Waals surface area contributed by atoms with E-state index >= 15 is 0 Å². The van der Waals surface area contributed by atoms with Crippen LogP contribution in [0, 0.1) is 0 Å². The van der Waals surface area contributed by atoms with E-state index in [4.69, 9.17) is 4.74 Å². The van der Waals surface area contributed by atoms with E-state index in [1.807, 2.05) is 0 Å². The van der Waals surface area contributed by atoms with Gasteiger partial charge in [0.15, 0.2) is 0 Å². The van der Waals surface area contributed by atoms with Gasteiger partial charge in [0.2, 0.25) is 10.0 Å². The van der Waals surface area contributed by atoms with Crippen molar-refractivity contribution in [3.05, 3.63) is 18.0 Å². The Kier molecular flexibility index (Phi) is 4.46. The SMILES string of the molecule is CNS(=O)(=O)c1cc(C(=O)NCC2CCCO2)n(C)c1. The molecule has 2 N–H and O–H groups in total. The first-order chi connectivity index (χ1) is 9.44. The first-order valence-electron chi connectivity index (χ1n) is 6.44. The van der Waals surface area contributed by atoms with Crippen molar-refractivity contribution in [3.63, 3.8) is 0 Å². The van der Waals surface area contributed by atoms with Gasteiger partial charge in [-0.1, -0.05) is 0 Å². The van der Waals surface area contributed by atoms with Crippen molar-refractivity contribution in [2.75, 3.05) is 20.2 Å². The Morgan fingerprint density at radius 3 is 2.90 bits per heavy atom. The normalized spacial score (nSPS) is 19.2. The largest absolute Gasteiger partial charge is 0.376 e. The van der Waals surface area contributed by atoms with Gasteiger partial charge in [0.05, 0.1) is 6.10 Å². The van der Waals surface area contributed by atoms with Crippen molar-refractivity contribution in [3.8, 4) is 0 Å². The number of nitrogens with one attached hydrogen (secondary N) is 2. The van der Waals surface area contributed by atoms with E-state index in [2.05, 4.69) is 10.0 Å². The molecule has 0 aromatic carbocycles. The predicted octanol–water partition coefficient (Wildman–Crippen LogP) is -0.158. The number of nitrogens with zero attached hydrogens (tertiary/aromatic N) is 1. The monoisotopic (exact) mass is 301 g/mol. The molecule has 2 heterocycles. The van der Waals surface area contributed by atoms with E-state index in [9.17, 15) is 13.2 Å². The van der Waals surface area contributed by atoms with Crippen LogP contribution < -0.4 is 10.0 Å². The van der Waals surface area contributed by atoms with E-state index in [0.717, 1.165) is 19.4 Å². The third kappa shape index (κ3) is 3.20. The van der Waals surface area contributed by atoms with Crippen LogP contribution in [0.25, 0.3) is 0 Å². The average Bonchev–Trinajstić information content (AvgIpc) is 3.05. The minimum atomic E-state index is -3.54. The standard InChI is InChI=1S/C12H19N3O4S/c1-13-20(17,18)10-6-11(15(2)8-10)12(16)14-7-9-4-3-5-19-9/h6,8-9,13H,3-5,7H2,1-2H3,(H,14,16). The smallest absolute Gasteiger partial charge is 0.268 e. The molecule has 7 nitrogen and oxygen atoms in total. The molecule has 1 aliphatic rings. The Morgan fingerprint density at radius 2 is 2.30 bits per heavy atom. The Bertz CT molecular complexity index is 588. The van der Waals surface area contributed by atoms with E-state index in [-0.39, 0.29) is 16.9 Å². The quantitative estimate of drug-likeness (QED) is 0.791. The maximum Gasteiger partial charge on any atom is 0.268 e. The molecule has 1 aromatic heterocycles. The van der Waals surface area contributed by atoms with Crippen LogP contribution in [0.4, 0.5) is 0 Å². The van der Waals surface area contributed by atoms with E-state index < -0.39 is 10.0 Å². The summed E-state index contributed by atoms with van der Waals surface area (Å²) in [7, 11) is -0.572. The summed E-state index contributed by atoms with van der Waals surface area (Å²) in [4.78, 5) is 12.1. The molecule has 0 radical (unpaired) electrons. The zero-order valence-electron chi connectivity index (χ0n) is 11.5. The zero-order valence-corrected chi connectivity index (χ0v) is 12.4. The van der Waals surface area contributed by atoms with E-state index in [1.54, 1.807) is 7.05 Å². The van der Waals surface area contributed by atoms with Gasteiger partial charge in [-0.3, -0.25) is 4.79 Å². The molecule has 0 saturated carbocycles. The summed E-state index contributed by atoms with van der Waals surface area (Å²) in [5, 5.41) is 2.76. The molecule has 0 aliphatic carbocycles. The summed E-state index contributed by atoms with van der Waals surface area (Å²) in [6.45, 7) is 1.17. The number of ether oxygens (including phenoxy) is 1. The lowest BCUT2D eigenvalue weighted by molar-refractivity contribution is 0.0851. The third-order valence-electron chi connectivity index (χ3n) is 3.31. The molecular formula is C12H19N3O4S. The lowest BCUT2D eigenvalue weighted by Gasteiger charge is -2.10. The van der Waals surface area contributed by atoms with Gasteiger partial charge >= 0.3 is 0 Å². The van der Waals surface area contributed by atoms with Gasteiger partial charge in [0, 0.05) is 26.4 Å². The van der Waals surface area contributed by atoms with Gasteiger partial charge < -0.3 is 14.6 Å². The number of hydrogen-bond acceptors (Lipinski definition) is 4. The molecule has 1 atom stereocenters. The van der Waals surface area contributed by atoms with E-state index in [0.29, 0.717) is 12.2 Å². The van der Waals surface area contributed by atoms with Crippen molar-refractivity contribution in [2.24, 2.45) is 7.05 Å². The number of carbonyl (C=O) groups is 1. The molecule has 1 aliphatic heterocycles. The highest BCUT2D eigenvalue weighted by Crippen LogP contribution is 2.14. The van der Waals surface area contributed by atoms with Crippen LogP contribution in [0.15, 0.2) is 17.2 Å². The highest BCUT2D eigenvalue weighted by atomic mass is 32.2. The van der Waals surface area contributed by atoms with Crippen LogP contribution >= 0.6 is 0 Å². The molecule has 1 fully saturated rings. The van der Waals surface area contributed by atoms with Crippen LogP contribution in [0.1, 0.15) is 23.3 Å².